The number of rotatable bonds is 3. The minimum absolute atomic E-state index is 0.194. The van der Waals surface area contributed by atoms with E-state index >= 15 is 0 Å². The zero-order valence-corrected chi connectivity index (χ0v) is 9.37. The van der Waals surface area contributed by atoms with Crippen molar-refractivity contribution in [2.24, 2.45) is 0 Å². The molecular formula is C12H14FN3. The van der Waals surface area contributed by atoms with Gasteiger partial charge in [-0.2, -0.15) is 0 Å². The average Bonchev–Trinajstić information content (AvgIpc) is 2.68. The van der Waals surface area contributed by atoms with E-state index in [-0.39, 0.29) is 5.82 Å². The highest BCUT2D eigenvalue weighted by atomic mass is 19.1. The Kier molecular flexibility index (Phi) is 3.01. The monoisotopic (exact) mass is 219 g/mol. The van der Waals surface area contributed by atoms with E-state index in [0.29, 0.717) is 12.1 Å². The first-order valence-electron chi connectivity index (χ1n) is 5.16. The fourth-order valence-corrected chi connectivity index (χ4v) is 1.76. The molecule has 0 bridgehead atoms. The van der Waals surface area contributed by atoms with Crippen LogP contribution in [0.3, 0.4) is 0 Å². The van der Waals surface area contributed by atoms with Gasteiger partial charge in [-0.3, -0.25) is 0 Å². The second-order valence-corrected chi connectivity index (χ2v) is 3.61. The second kappa shape index (κ2) is 4.45. The highest BCUT2D eigenvalue weighted by Crippen LogP contribution is 2.19. The van der Waals surface area contributed by atoms with Gasteiger partial charge in [-0.05, 0) is 26.1 Å². The SMILES string of the molecule is CNCc1c(F)cccc1-n1ccnc1C. The lowest BCUT2D eigenvalue weighted by atomic mass is 10.1. The van der Waals surface area contributed by atoms with Gasteiger partial charge in [0.25, 0.3) is 0 Å². The number of hydrogen-bond acceptors (Lipinski definition) is 2. The number of nitrogens with one attached hydrogen (secondary N) is 1. The van der Waals surface area contributed by atoms with Crippen molar-refractivity contribution < 1.29 is 4.39 Å². The first-order valence-corrected chi connectivity index (χ1v) is 5.16. The Morgan fingerprint density at radius 1 is 1.44 bits per heavy atom. The summed E-state index contributed by atoms with van der Waals surface area (Å²) in [6.07, 6.45) is 3.55. The van der Waals surface area contributed by atoms with Crippen LogP contribution in [0.25, 0.3) is 5.69 Å². The first-order chi connectivity index (χ1) is 7.74. The number of aromatic nitrogens is 2. The molecular weight excluding hydrogens is 205 g/mol. The Hall–Kier alpha value is -1.68. The van der Waals surface area contributed by atoms with Crippen molar-refractivity contribution in [1.29, 1.82) is 0 Å². The van der Waals surface area contributed by atoms with Crippen LogP contribution in [0.1, 0.15) is 11.4 Å². The summed E-state index contributed by atoms with van der Waals surface area (Å²) < 4.78 is 15.6. The smallest absolute Gasteiger partial charge is 0.129 e. The van der Waals surface area contributed by atoms with E-state index in [2.05, 4.69) is 10.3 Å². The van der Waals surface area contributed by atoms with Crippen molar-refractivity contribution in [3.8, 4) is 5.69 Å². The van der Waals surface area contributed by atoms with Gasteiger partial charge in [-0.1, -0.05) is 6.07 Å². The van der Waals surface area contributed by atoms with Crippen LogP contribution in [0.5, 0.6) is 0 Å². The molecule has 1 aromatic heterocycles. The largest absolute Gasteiger partial charge is 0.316 e. The molecule has 0 aliphatic carbocycles. The lowest BCUT2D eigenvalue weighted by molar-refractivity contribution is 0.598. The molecule has 1 aromatic carbocycles. The van der Waals surface area contributed by atoms with Gasteiger partial charge in [0.15, 0.2) is 0 Å². The van der Waals surface area contributed by atoms with Crippen molar-refractivity contribution in [2.75, 3.05) is 7.05 Å². The summed E-state index contributed by atoms with van der Waals surface area (Å²) in [6, 6.07) is 5.08. The van der Waals surface area contributed by atoms with Crippen molar-refractivity contribution >= 4 is 0 Å². The Balaban J connectivity index is 2.56. The molecule has 0 fully saturated rings. The van der Waals surface area contributed by atoms with Crippen LogP contribution >= 0.6 is 0 Å². The summed E-state index contributed by atoms with van der Waals surface area (Å²) in [6.45, 7) is 2.40. The highest BCUT2D eigenvalue weighted by molar-refractivity contribution is 5.42. The molecule has 0 saturated heterocycles. The maximum absolute atomic E-state index is 13.7. The molecule has 4 heteroatoms. The molecule has 0 aliphatic heterocycles. The number of nitrogens with zero attached hydrogens (tertiary/aromatic N) is 2. The Morgan fingerprint density at radius 2 is 2.25 bits per heavy atom. The van der Waals surface area contributed by atoms with Crippen molar-refractivity contribution in [1.82, 2.24) is 14.9 Å². The topological polar surface area (TPSA) is 29.9 Å². The number of hydrogen-bond donors (Lipinski definition) is 1. The molecule has 0 saturated carbocycles. The summed E-state index contributed by atoms with van der Waals surface area (Å²) in [5.74, 6) is 0.655. The molecule has 2 aromatic rings. The van der Waals surface area contributed by atoms with Crippen LogP contribution in [0.15, 0.2) is 30.6 Å². The maximum atomic E-state index is 13.7. The van der Waals surface area contributed by atoms with E-state index in [1.165, 1.54) is 6.07 Å². The lowest BCUT2D eigenvalue weighted by Gasteiger charge is -2.12. The maximum Gasteiger partial charge on any atom is 0.129 e. The number of imidazole rings is 1. The summed E-state index contributed by atoms with van der Waals surface area (Å²) >= 11 is 0. The first kappa shape index (κ1) is 10.8. The van der Waals surface area contributed by atoms with Crippen LogP contribution in [-0.2, 0) is 6.54 Å². The van der Waals surface area contributed by atoms with Crippen molar-refractivity contribution in [3.05, 3.63) is 47.8 Å². The fourth-order valence-electron chi connectivity index (χ4n) is 1.76. The van der Waals surface area contributed by atoms with Gasteiger partial charge < -0.3 is 9.88 Å². The molecule has 0 unspecified atom stereocenters. The quantitative estimate of drug-likeness (QED) is 0.856. The predicted molar refractivity (Wildman–Crippen MR) is 61.0 cm³/mol. The van der Waals surface area contributed by atoms with E-state index < -0.39 is 0 Å². The van der Waals surface area contributed by atoms with E-state index in [4.69, 9.17) is 0 Å². The molecule has 0 amide bonds. The number of halogens is 1. The molecule has 84 valence electrons. The van der Waals surface area contributed by atoms with Crippen LogP contribution in [-0.4, -0.2) is 16.6 Å². The number of aryl methyl sites for hydroxylation is 1. The molecule has 16 heavy (non-hydrogen) atoms. The third-order valence-electron chi connectivity index (χ3n) is 2.53. The van der Waals surface area contributed by atoms with Crippen LogP contribution in [0.2, 0.25) is 0 Å². The molecule has 1 N–H and O–H groups in total. The van der Waals surface area contributed by atoms with Crippen molar-refractivity contribution in [3.63, 3.8) is 0 Å². The molecule has 3 nitrogen and oxygen atoms in total. The van der Waals surface area contributed by atoms with Gasteiger partial charge in [0.05, 0.1) is 5.69 Å². The third kappa shape index (κ3) is 1.84. The van der Waals surface area contributed by atoms with E-state index in [0.717, 1.165) is 11.5 Å². The van der Waals surface area contributed by atoms with Gasteiger partial charge in [0.1, 0.15) is 11.6 Å². The summed E-state index contributed by atoms with van der Waals surface area (Å²) in [5.41, 5.74) is 1.50. The minimum atomic E-state index is -0.194. The summed E-state index contributed by atoms with van der Waals surface area (Å²) in [5, 5.41) is 2.97. The van der Waals surface area contributed by atoms with Crippen LogP contribution < -0.4 is 5.32 Å². The highest BCUT2D eigenvalue weighted by Gasteiger charge is 2.10. The second-order valence-electron chi connectivity index (χ2n) is 3.61. The van der Waals surface area contributed by atoms with Gasteiger partial charge in [-0.25, -0.2) is 9.37 Å². The van der Waals surface area contributed by atoms with Crippen molar-refractivity contribution in [2.45, 2.75) is 13.5 Å². The van der Waals surface area contributed by atoms with E-state index in [1.54, 1.807) is 19.3 Å². The Bertz CT molecular complexity index is 491. The van der Waals surface area contributed by atoms with Crippen LogP contribution in [0, 0.1) is 12.7 Å². The molecule has 1 heterocycles. The van der Waals surface area contributed by atoms with E-state index in [9.17, 15) is 4.39 Å². The molecule has 2 rings (SSSR count). The minimum Gasteiger partial charge on any atom is -0.316 e. The van der Waals surface area contributed by atoms with Gasteiger partial charge in [0.2, 0.25) is 0 Å². The van der Waals surface area contributed by atoms with Gasteiger partial charge in [-0.15, -0.1) is 0 Å². The standard InChI is InChI=1S/C12H14FN3/c1-9-15-6-7-16(9)12-5-3-4-11(13)10(12)8-14-2/h3-7,14H,8H2,1-2H3. The number of benzene rings is 1. The summed E-state index contributed by atoms with van der Waals surface area (Å²) in [4.78, 5) is 4.14. The molecule has 0 atom stereocenters. The molecule has 0 spiro atoms. The van der Waals surface area contributed by atoms with Crippen LogP contribution in [0.4, 0.5) is 4.39 Å². The van der Waals surface area contributed by atoms with E-state index in [1.807, 2.05) is 23.8 Å². The lowest BCUT2D eigenvalue weighted by Crippen LogP contribution is -2.11. The Labute approximate surface area is 93.9 Å². The normalized spacial score (nSPS) is 10.7. The molecule has 0 aliphatic rings. The van der Waals surface area contributed by atoms with Gasteiger partial charge >= 0.3 is 0 Å². The zero-order chi connectivity index (χ0) is 11.5. The fraction of sp³-hybridized carbons (Fsp3) is 0.250. The predicted octanol–water partition coefficient (Wildman–Crippen LogP) is 2.04. The molecule has 0 radical (unpaired) electrons. The summed E-state index contributed by atoms with van der Waals surface area (Å²) in [7, 11) is 1.80. The average molecular weight is 219 g/mol. The third-order valence-corrected chi connectivity index (χ3v) is 2.53. The zero-order valence-electron chi connectivity index (χ0n) is 9.37. The van der Waals surface area contributed by atoms with Gasteiger partial charge in [0, 0.05) is 24.5 Å². The Morgan fingerprint density at radius 3 is 2.88 bits per heavy atom.